The Balaban J connectivity index is 1.61. The van der Waals surface area contributed by atoms with Gasteiger partial charge in [0.25, 0.3) is 11.6 Å². The maximum Gasteiger partial charge on any atom is 0.270 e. The number of ether oxygens (including phenoxy) is 2. The minimum absolute atomic E-state index is 0.0852. The van der Waals surface area contributed by atoms with Crippen LogP contribution in [0.15, 0.2) is 36.4 Å². The zero-order valence-corrected chi connectivity index (χ0v) is 15.1. The van der Waals surface area contributed by atoms with Crippen LogP contribution in [0.1, 0.15) is 34.8 Å². The van der Waals surface area contributed by atoms with E-state index in [-0.39, 0.29) is 28.2 Å². The highest BCUT2D eigenvalue weighted by Gasteiger charge is 2.32. The maximum atomic E-state index is 13.0. The van der Waals surface area contributed by atoms with Crippen molar-refractivity contribution in [2.24, 2.45) is 0 Å². The highest BCUT2D eigenvalue weighted by Crippen LogP contribution is 2.39. The van der Waals surface area contributed by atoms with E-state index in [1.54, 1.807) is 4.90 Å². The molecular weight excluding hydrogens is 372 g/mol. The second-order valence-corrected chi connectivity index (χ2v) is 6.89. The number of non-ortho nitro benzene ring substituents is 1. The van der Waals surface area contributed by atoms with E-state index in [2.05, 4.69) is 0 Å². The number of fused-ring (bicyclic) bond motifs is 1. The Morgan fingerprint density at radius 3 is 2.67 bits per heavy atom. The average molecular weight is 389 g/mol. The van der Waals surface area contributed by atoms with E-state index in [1.807, 2.05) is 18.2 Å². The van der Waals surface area contributed by atoms with E-state index in [1.165, 1.54) is 18.2 Å². The summed E-state index contributed by atoms with van der Waals surface area (Å²) in [6, 6.07) is 9.56. The number of benzene rings is 2. The first-order chi connectivity index (χ1) is 13.0. The van der Waals surface area contributed by atoms with Crippen molar-refractivity contribution >= 4 is 23.2 Å². The van der Waals surface area contributed by atoms with Crippen LogP contribution in [0.25, 0.3) is 0 Å². The zero-order chi connectivity index (χ0) is 19.0. The lowest BCUT2D eigenvalue weighted by Gasteiger charge is -2.27. The number of rotatable bonds is 3. The number of nitro groups is 1. The minimum atomic E-state index is -0.534. The molecule has 1 amide bonds. The molecule has 1 saturated heterocycles. The summed E-state index contributed by atoms with van der Waals surface area (Å²) in [7, 11) is 0. The van der Waals surface area contributed by atoms with Gasteiger partial charge in [-0.25, -0.2) is 0 Å². The predicted molar refractivity (Wildman–Crippen MR) is 98.5 cm³/mol. The maximum absolute atomic E-state index is 13.0. The van der Waals surface area contributed by atoms with Gasteiger partial charge in [0, 0.05) is 18.7 Å². The topological polar surface area (TPSA) is 81.9 Å². The number of hydrogen-bond acceptors (Lipinski definition) is 5. The molecule has 7 nitrogen and oxygen atoms in total. The normalized spacial score (nSPS) is 18.4. The van der Waals surface area contributed by atoms with E-state index in [0.29, 0.717) is 31.3 Å². The number of carbonyl (C=O) groups is 1. The van der Waals surface area contributed by atoms with Crippen molar-refractivity contribution in [3.63, 3.8) is 0 Å². The fraction of sp³-hybridized carbons (Fsp3) is 0.316. The van der Waals surface area contributed by atoms with Gasteiger partial charge in [0.15, 0.2) is 11.5 Å². The first kappa shape index (κ1) is 17.6. The van der Waals surface area contributed by atoms with Gasteiger partial charge in [-0.05, 0) is 36.6 Å². The fourth-order valence-corrected chi connectivity index (χ4v) is 3.82. The molecule has 2 aromatic rings. The zero-order valence-electron chi connectivity index (χ0n) is 14.4. The molecule has 2 aliphatic heterocycles. The molecule has 1 atom stereocenters. The van der Waals surface area contributed by atoms with Crippen molar-refractivity contribution in [3.05, 3.63) is 62.7 Å². The van der Waals surface area contributed by atoms with Crippen LogP contribution in [0, 0.1) is 10.1 Å². The van der Waals surface area contributed by atoms with Gasteiger partial charge in [-0.2, -0.15) is 0 Å². The largest absolute Gasteiger partial charge is 0.486 e. The van der Waals surface area contributed by atoms with Crippen molar-refractivity contribution < 1.29 is 19.2 Å². The van der Waals surface area contributed by atoms with Crippen molar-refractivity contribution in [2.75, 3.05) is 19.8 Å². The molecular formula is C19H17ClN2O5. The number of likely N-dealkylation sites (tertiary alicyclic amines) is 1. The molecule has 0 bridgehead atoms. The molecule has 0 aliphatic carbocycles. The summed E-state index contributed by atoms with van der Waals surface area (Å²) in [6.07, 6.45) is 1.70. The molecule has 2 heterocycles. The third-order valence-corrected chi connectivity index (χ3v) is 5.17. The molecule has 0 spiro atoms. The lowest BCUT2D eigenvalue weighted by Crippen LogP contribution is -2.31. The van der Waals surface area contributed by atoms with Crippen LogP contribution in [-0.4, -0.2) is 35.5 Å². The van der Waals surface area contributed by atoms with Gasteiger partial charge in [0.05, 0.1) is 21.6 Å². The molecule has 1 fully saturated rings. The van der Waals surface area contributed by atoms with Crippen LogP contribution >= 0.6 is 11.6 Å². The van der Waals surface area contributed by atoms with Crippen LogP contribution in [0.2, 0.25) is 5.02 Å². The number of amides is 1. The molecule has 4 rings (SSSR count). The van der Waals surface area contributed by atoms with E-state index >= 15 is 0 Å². The second-order valence-electron chi connectivity index (χ2n) is 6.48. The summed E-state index contributed by atoms with van der Waals surface area (Å²) in [5, 5.41) is 11.0. The smallest absolute Gasteiger partial charge is 0.270 e. The lowest BCUT2D eigenvalue weighted by atomic mass is 10.0. The first-order valence-electron chi connectivity index (χ1n) is 8.69. The van der Waals surface area contributed by atoms with E-state index < -0.39 is 4.92 Å². The van der Waals surface area contributed by atoms with Crippen LogP contribution in [0.5, 0.6) is 11.5 Å². The predicted octanol–water partition coefficient (Wildman–Crippen LogP) is 4.00. The Kier molecular flexibility index (Phi) is 4.61. The standard InChI is InChI=1S/C19H17ClN2O5/c20-15-11-13(22(24)25)4-5-14(15)19(23)21-7-1-2-16(21)12-3-6-17-18(10-12)27-9-8-26-17/h3-6,10-11,16H,1-2,7-9H2. The fourth-order valence-electron chi connectivity index (χ4n) is 3.57. The first-order valence-corrected chi connectivity index (χ1v) is 9.07. The Bertz CT molecular complexity index is 917. The number of nitro benzene ring substituents is 1. The summed E-state index contributed by atoms with van der Waals surface area (Å²) >= 11 is 6.15. The number of nitrogens with zero attached hydrogens (tertiary/aromatic N) is 2. The molecule has 0 aromatic heterocycles. The molecule has 2 aliphatic rings. The number of halogens is 1. The van der Waals surface area contributed by atoms with Crippen LogP contribution in [0.4, 0.5) is 5.69 Å². The monoisotopic (exact) mass is 388 g/mol. The van der Waals surface area contributed by atoms with E-state index in [9.17, 15) is 14.9 Å². The van der Waals surface area contributed by atoms with E-state index in [4.69, 9.17) is 21.1 Å². The summed E-state index contributed by atoms with van der Waals surface area (Å²) in [4.78, 5) is 25.1. The highest BCUT2D eigenvalue weighted by molar-refractivity contribution is 6.34. The Hall–Kier alpha value is -2.80. The minimum Gasteiger partial charge on any atom is -0.486 e. The molecule has 0 N–H and O–H groups in total. The molecule has 1 unspecified atom stereocenters. The number of carbonyl (C=O) groups excluding carboxylic acids is 1. The third-order valence-electron chi connectivity index (χ3n) is 4.86. The third kappa shape index (κ3) is 3.30. The van der Waals surface area contributed by atoms with Crippen molar-refractivity contribution in [3.8, 4) is 11.5 Å². The van der Waals surface area contributed by atoms with Crippen molar-refractivity contribution in [2.45, 2.75) is 18.9 Å². The lowest BCUT2D eigenvalue weighted by molar-refractivity contribution is -0.384. The summed E-state index contributed by atoms with van der Waals surface area (Å²) in [6.45, 7) is 1.63. The summed E-state index contributed by atoms with van der Waals surface area (Å²) < 4.78 is 11.2. The molecule has 0 radical (unpaired) electrons. The average Bonchev–Trinajstić information content (AvgIpc) is 3.16. The Morgan fingerprint density at radius 2 is 1.93 bits per heavy atom. The van der Waals surface area contributed by atoms with Crippen LogP contribution < -0.4 is 9.47 Å². The van der Waals surface area contributed by atoms with Gasteiger partial charge in [0.2, 0.25) is 0 Å². The van der Waals surface area contributed by atoms with E-state index in [0.717, 1.165) is 18.4 Å². The van der Waals surface area contributed by atoms with Crippen LogP contribution in [-0.2, 0) is 0 Å². The molecule has 8 heteroatoms. The second kappa shape index (κ2) is 7.08. The Morgan fingerprint density at radius 1 is 1.15 bits per heavy atom. The van der Waals surface area contributed by atoms with Gasteiger partial charge in [-0.1, -0.05) is 17.7 Å². The highest BCUT2D eigenvalue weighted by atomic mass is 35.5. The number of hydrogen-bond donors (Lipinski definition) is 0. The molecule has 140 valence electrons. The van der Waals surface area contributed by atoms with Gasteiger partial charge >= 0.3 is 0 Å². The molecule has 2 aromatic carbocycles. The van der Waals surface area contributed by atoms with Crippen molar-refractivity contribution in [1.29, 1.82) is 0 Å². The van der Waals surface area contributed by atoms with Crippen LogP contribution in [0.3, 0.4) is 0 Å². The summed E-state index contributed by atoms with van der Waals surface area (Å²) in [5.41, 5.74) is 1.11. The van der Waals surface area contributed by atoms with Gasteiger partial charge in [-0.15, -0.1) is 0 Å². The Labute approximate surface area is 160 Å². The molecule has 27 heavy (non-hydrogen) atoms. The van der Waals surface area contributed by atoms with Gasteiger partial charge in [-0.3, -0.25) is 14.9 Å². The van der Waals surface area contributed by atoms with Gasteiger partial charge < -0.3 is 14.4 Å². The van der Waals surface area contributed by atoms with Crippen molar-refractivity contribution in [1.82, 2.24) is 4.90 Å². The summed E-state index contributed by atoms with van der Waals surface area (Å²) in [5.74, 6) is 1.16. The quantitative estimate of drug-likeness (QED) is 0.586. The molecule has 0 saturated carbocycles. The van der Waals surface area contributed by atoms with Gasteiger partial charge in [0.1, 0.15) is 13.2 Å². The SMILES string of the molecule is O=C(c1ccc([N+](=O)[O-])cc1Cl)N1CCCC1c1ccc2c(c1)OCCO2.